The molecule has 0 fully saturated rings. The number of hydrogen-bond acceptors (Lipinski definition) is 3. The summed E-state index contributed by atoms with van der Waals surface area (Å²) in [5.41, 5.74) is -4.10. The Morgan fingerprint density at radius 1 is 1.24 bits per heavy atom. The van der Waals surface area contributed by atoms with Gasteiger partial charge in [-0.25, -0.2) is 4.79 Å². The van der Waals surface area contributed by atoms with Crippen molar-refractivity contribution in [2.45, 2.75) is 32.2 Å². The van der Waals surface area contributed by atoms with Crippen LogP contribution in [0.5, 0.6) is 0 Å². The minimum Gasteiger partial charge on any atom is -0.389 e. The smallest absolute Gasteiger partial charge is 0.389 e. The molecule has 0 aliphatic carbocycles. The number of H-pyrrole nitrogens is 1. The highest BCUT2D eigenvalue weighted by Crippen LogP contribution is 2.30. The Morgan fingerprint density at radius 3 is 2.38 bits per heavy atom. The molecule has 2 N–H and O–H groups in total. The number of nitrogens with zero attached hydrogens (tertiary/aromatic N) is 1. The molecule has 0 radical (unpaired) electrons. The van der Waals surface area contributed by atoms with E-state index in [9.17, 15) is 27.9 Å². The van der Waals surface area contributed by atoms with E-state index in [0.29, 0.717) is 0 Å². The van der Waals surface area contributed by atoms with Crippen LogP contribution in [0.15, 0.2) is 27.8 Å². The molecule has 1 aromatic carbocycles. The molecule has 2 rings (SSSR count). The second-order valence-corrected chi connectivity index (χ2v) is 5.39. The van der Waals surface area contributed by atoms with Gasteiger partial charge in [0.2, 0.25) is 0 Å². The van der Waals surface area contributed by atoms with Crippen LogP contribution in [-0.2, 0) is 12.7 Å². The molecule has 0 unspecified atom stereocenters. The molecule has 0 aliphatic heterocycles. The van der Waals surface area contributed by atoms with Crippen molar-refractivity contribution in [2.75, 3.05) is 0 Å². The van der Waals surface area contributed by atoms with Crippen molar-refractivity contribution in [1.29, 1.82) is 0 Å². The lowest BCUT2D eigenvalue weighted by Gasteiger charge is -2.20. The van der Waals surface area contributed by atoms with Gasteiger partial charge in [-0.15, -0.1) is 0 Å². The molecule has 1 heterocycles. The van der Waals surface area contributed by atoms with Crippen molar-refractivity contribution in [3.8, 4) is 0 Å². The minimum atomic E-state index is -4.59. The molecule has 1 aromatic heterocycles. The molecule has 5 nitrogen and oxygen atoms in total. The molecular formula is C13H13F3N2O3. The monoisotopic (exact) mass is 302 g/mol. The van der Waals surface area contributed by atoms with Gasteiger partial charge in [0.1, 0.15) is 0 Å². The van der Waals surface area contributed by atoms with Crippen LogP contribution in [0, 0.1) is 0 Å². The average Bonchev–Trinajstić information content (AvgIpc) is 2.31. The second-order valence-electron chi connectivity index (χ2n) is 5.39. The molecule has 0 spiro atoms. The SMILES string of the molecule is CC(C)(O)Cn1c(=O)[nH]c(=O)c2ccc(C(F)(F)F)cc21. The van der Waals surface area contributed by atoms with Gasteiger partial charge >= 0.3 is 11.9 Å². The van der Waals surface area contributed by atoms with Gasteiger partial charge in [-0.2, -0.15) is 13.2 Å². The quantitative estimate of drug-likeness (QED) is 0.882. The lowest BCUT2D eigenvalue weighted by molar-refractivity contribution is -0.137. The maximum atomic E-state index is 12.8. The first kappa shape index (κ1) is 15.3. The Labute approximate surface area is 116 Å². The fourth-order valence-corrected chi connectivity index (χ4v) is 2.01. The first-order valence-corrected chi connectivity index (χ1v) is 6.05. The Hall–Kier alpha value is -2.09. The zero-order valence-corrected chi connectivity index (χ0v) is 11.3. The average molecular weight is 302 g/mol. The van der Waals surface area contributed by atoms with Gasteiger partial charge in [-0.1, -0.05) is 0 Å². The Balaban J connectivity index is 2.83. The van der Waals surface area contributed by atoms with Crippen LogP contribution in [0.25, 0.3) is 10.9 Å². The summed E-state index contributed by atoms with van der Waals surface area (Å²) in [5, 5.41) is 9.73. The summed E-state index contributed by atoms with van der Waals surface area (Å²) in [6.45, 7) is 2.56. The second kappa shape index (κ2) is 4.73. The van der Waals surface area contributed by atoms with Crippen LogP contribution in [-0.4, -0.2) is 20.3 Å². The largest absolute Gasteiger partial charge is 0.416 e. The zero-order chi connectivity index (χ0) is 16.0. The Kier molecular flexibility index (Phi) is 3.45. The molecule has 21 heavy (non-hydrogen) atoms. The summed E-state index contributed by atoms with van der Waals surface area (Å²) >= 11 is 0. The number of fused-ring (bicyclic) bond motifs is 1. The van der Waals surface area contributed by atoms with Crippen LogP contribution >= 0.6 is 0 Å². The van der Waals surface area contributed by atoms with Gasteiger partial charge in [0, 0.05) is 0 Å². The summed E-state index contributed by atoms with van der Waals surface area (Å²) in [4.78, 5) is 25.5. The number of nitrogens with one attached hydrogen (secondary N) is 1. The third-order valence-corrected chi connectivity index (χ3v) is 2.87. The highest BCUT2D eigenvalue weighted by atomic mass is 19.4. The Bertz CT molecular complexity index is 797. The van der Waals surface area contributed by atoms with Crippen LogP contribution < -0.4 is 11.2 Å². The summed E-state index contributed by atoms with van der Waals surface area (Å²) < 4.78 is 39.2. The predicted molar refractivity (Wildman–Crippen MR) is 70.1 cm³/mol. The van der Waals surface area contributed by atoms with Crippen molar-refractivity contribution in [2.24, 2.45) is 0 Å². The van der Waals surface area contributed by atoms with E-state index < -0.39 is 28.6 Å². The van der Waals surface area contributed by atoms with Gasteiger partial charge in [0.05, 0.1) is 28.6 Å². The van der Waals surface area contributed by atoms with Gasteiger partial charge in [-0.3, -0.25) is 14.3 Å². The summed E-state index contributed by atoms with van der Waals surface area (Å²) in [5.74, 6) is 0. The van der Waals surface area contributed by atoms with Crippen LogP contribution in [0.3, 0.4) is 0 Å². The van der Waals surface area contributed by atoms with E-state index in [1.807, 2.05) is 4.98 Å². The number of alkyl halides is 3. The maximum Gasteiger partial charge on any atom is 0.416 e. The van der Waals surface area contributed by atoms with Crippen molar-refractivity contribution in [1.82, 2.24) is 9.55 Å². The number of aromatic amines is 1. The molecule has 0 atom stereocenters. The molecule has 8 heteroatoms. The molecule has 0 saturated carbocycles. The van der Waals surface area contributed by atoms with Crippen LogP contribution in [0.1, 0.15) is 19.4 Å². The fraction of sp³-hybridized carbons (Fsp3) is 0.385. The number of hydrogen-bond donors (Lipinski definition) is 2. The number of aliphatic hydroxyl groups is 1. The number of halogens is 3. The van der Waals surface area contributed by atoms with Crippen LogP contribution in [0.4, 0.5) is 13.2 Å². The lowest BCUT2D eigenvalue weighted by atomic mass is 10.1. The molecule has 0 aliphatic rings. The fourth-order valence-electron chi connectivity index (χ4n) is 2.01. The molecular weight excluding hydrogens is 289 g/mol. The van der Waals surface area contributed by atoms with Crippen molar-refractivity contribution < 1.29 is 18.3 Å². The molecule has 0 saturated heterocycles. The van der Waals surface area contributed by atoms with E-state index in [1.54, 1.807) is 0 Å². The van der Waals surface area contributed by atoms with Gasteiger partial charge < -0.3 is 5.11 Å². The molecule has 0 amide bonds. The van der Waals surface area contributed by atoms with Gasteiger partial charge in [0.25, 0.3) is 5.56 Å². The number of aromatic nitrogens is 2. The standard InChI is InChI=1S/C13H13F3N2O3/c1-12(2,21)6-18-9-5-7(13(14,15)16)3-4-8(9)10(19)17-11(18)20/h3-5,21H,6H2,1-2H3,(H,17,19,20). The first-order valence-electron chi connectivity index (χ1n) is 6.05. The molecule has 0 bridgehead atoms. The van der Waals surface area contributed by atoms with E-state index in [-0.39, 0.29) is 17.4 Å². The van der Waals surface area contributed by atoms with E-state index in [4.69, 9.17) is 0 Å². The molecule has 114 valence electrons. The van der Waals surface area contributed by atoms with Crippen molar-refractivity contribution >= 4 is 10.9 Å². The summed E-state index contributed by atoms with van der Waals surface area (Å²) in [7, 11) is 0. The topological polar surface area (TPSA) is 75.1 Å². The highest BCUT2D eigenvalue weighted by Gasteiger charge is 2.31. The van der Waals surface area contributed by atoms with Gasteiger partial charge in [0.15, 0.2) is 0 Å². The third kappa shape index (κ3) is 3.15. The minimum absolute atomic E-state index is 0.0492. The Morgan fingerprint density at radius 2 is 1.86 bits per heavy atom. The molecule has 2 aromatic rings. The van der Waals surface area contributed by atoms with Gasteiger partial charge in [-0.05, 0) is 32.0 Å². The highest BCUT2D eigenvalue weighted by molar-refractivity contribution is 5.78. The lowest BCUT2D eigenvalue weighted by Crippen LogP contribution is -2.37. The summed E-state index contributed by atoms with van der Waals surface area (Å²) in [6, 6.07) is 2.52. The summed E-state index contributed by atoms with van der Waals surface area (Å²) in [6.07, 6.45) is -4.59. The van der Waals surface area contributed by atoms with Crippen molar-refractivity contribution in [3.05, 3.63) is 44.6 Å². The normalized spacial score (nSPS) is 12.9. The van der Waals surface area contributed by atoms with E-state index >= 15 is 0 Å². The predicted octanol–water partition coefficient (Wildman–Crippen LogP) is 1.48. The number of rotatable bonds is 2. The van der Waals surface area contributed by atoms with E-state index in [1.165, 1.54) is 13.8 Å². The maximum absolute atomic E-state index is 12.8. The van der Waals surface area contributed by atoms with Crippen molar-refractivity contribution in [3.63, 3.8) is 0 Å². The van der Waals surface area contributed by atoms with Crippen LogP contribution in [0.2, 0.25) is 0 Å². The van der Waals surface area contributed by atoms with E-state index in [2.05, 4.69) is 0 Å². The zero-order valence-electron chi connectivity index (χ0n) is 11.3. The third-order valence-electron chi connectivity index (χ3n) is 2.87. The number of benzene rings is 1. The first-order chi connectivity index (χ1) is 9.49. The van der Waals surface area contributed by atoms with E-state index in [0.717, 1.165) is 22.8 Å².